The second-order valence-corrected chi connectivity index (χ2v) is 9.57. The Hall–Kier alpha value is -5.70. The van der Waals surface area contributed by atoms with E-state index in [-0.39, 0.29) is 34.0 Å². The fourth-order valence-electron chi connectivity index (χ4n) is 4.08. The molecule has 0 aliphatic rings. The molecule has 3 amide bonds. The summed E-state index contributed by atoms with van der Waals surface area (Å²) in [5.74, 6) is -2.37. The van der Waals surface area contributed by atoms with Crippen molar-refractivity contribution >= 4 is 52.1 Å². The molecule has 0 atom stereocenters. The second-order valence-electron chi connectivity index (χ2n) is 9.57. The number of carbonyl (C=O) groups is 6. The summed E-state index contributed by atoms with van der Waals surface area (Å²) < 4.78 is 0. The van der Waals surface area contributed by atoms with E-state index in [9.17, 15) is 28.8 Å². The smallest absolute Gasteiger partial charge is 0.255 e. The van der Waals surface area contributed by atoms with Crippen LogP contribution in [0.3, 0.4) is 0 Å². The molecule has 0 bridgehead atoms. The van der Waals surface area contributed by atoms with Gasteiger partial charge in [0.05, 0.1) is 0 Å². The highest BCUT2D eigenvalue weighted by molar-refractivity contribution is 6.13. The van der Waals surface area contributed by atoms with Crippen molar-refractivity contribution in [2.75, 3.05) is 16.0 Å². The highest BCUT2D eigenvalue weighted by Gasteiger charge is 2.18. The molecule has 4 aromatic rings. The quantitative estimate of drug-likeness (QED) is 0.213. The van der Waals surface area contributed by atoms with E-state index >= 15 is 0 Å². The topological polar surface area (TPSA) is 139 Å². The van der Waals surface area contributed by atoms with Gasteiger partial charge in [0.2, 0.25) is 0 Å². The number of benzene rings is 4. The number of nitrogens with one attached hydrogen (secondary N) is 3. The molecule has 4 rings (SSSR count). The predicted octanol–water partition coefficient (Wildman–Crippen LogP) is 6.05. The first-order valence-corrected chi connectivity index (χ1v) is 12.9. The Labute approximate surface area is 242 Å². The summed E-state index contributed by atoms with van der Waals surface area (Å²) in [4.78, 5) is 75.1. The standard InChI is InChI=1S/C33H27N3O6/c1-19(37)22-7-4-10-28(16-22)34-31(40)25-13-26(32(41)35-29-11-5-8-23(17-29)20(2)38)15-27(14-25)33(42)36-30-12-6-9-24(18-30)21(3)39/h4-18H,1-3H3,(H,34,40)(H,35,41)(H,36,42). The molecule has 0 aliphatic heterocycles. The van der Waals surface area contributed by atoms with Crippen LogP contribution in [0.25, 0.3) is 0 Å². The van der Waals surface area contributed by atoms with E-state index in [0.29, 0.717) is 33.8 Å². The number of amides is 3. The van der Waals surface area contributed by atoms with Crippen LogP contribution in [0.4, 0.5) is 17.1 Å². The first-order chi connectivity index (χ1) is 20.0. The Morgan fingerprint density at radius 2 is 0.643 bits per heavy atom. The molecule has 0 unspecified atom stereocenters. The monoisotopic (exact) mass is 561 g/mol. The third-order valence-electron chi connectivity index (χ3n) is 6.30. The lowest BCUT2D eigenvalue weighted by Crippen LogP contribution is -2.19. The molecule has 4 aromatic carbocycles. The fourth-order valence-corrected chi connectivity index (χ4v) is 4.08. The molecule has 3 N–H and O–H groups in total. The molecule has 0 spiro atoms. The third-order valence-corrected chi connectivity index (χ3v) is 6.30. The number of Topliss-reactive ketones (excluding diaryl/α,β-unsaturated/α-hetero) is 3. The summed E-state index contributed by atoms with van der Waals surface area (Å²) in [6.07, 6.45) is 0. The minimum Gasteiger partial charge on any atom is -0.322 e. The lowest BCUT2D eigenvalue weighted by Gasteiger charge is -2.12. The van der Waals surface area contributed by atoms with Crippen LogP contribution in [0.2, 0.25) is 0 Å². The van der Waals surface area contributed by atoms with Crippen LogP contribution in [0.15, 0.2) is 91.0 Å². The van der Waals surface area contributed by atoms with Crippen LogP contribution in [0, 0.1) is 0 Å². The van der Waals surface area contributed by atoms with Gasteiger partial charge in [0.25, 0.3) is 17.7 Å². The number of carbonyl (C=O) groups excluding carboxylic acids is 6. The lowest BCUT2D eigenvalue weighted by atomic mass is 10.0. The summed E-state index contributed by atoms with van der Waals surface area (Å²) in [6, 6.07) is 23.1. The maximum atomic E-state index is 13.3. The van der Waals surface area contributed by atoms with Crippen molar-refractivity contribution in [3.8, 4) is 0 Å². The number of hydrogen-bond donors (Lipinski definition) is 3. The zero-order valence-electron chi connectivity index (χ0n) is 23.1. The molecule has 0 aliphatic carbocycles. The van der Waals surface area contributed by atoms with Crippen molar-refractivity contribution in [2.45, 2.75) is 20.8 Å². The summed E-state index contributed by atoms with van der Waals surface area (Å²) in [5.41, 5.74) is 2.31. The van der Waals surface area contributed by atoms with Crippen molar-refractivity contribution in [1.82, 2.24) is 0 Å². The number of hydrogen-bond acceptors (Lipinski definition) is 6. The summed E-state index contributed by atoms with van der Waals surface area (Å²) >= 11 is 0. The Bertz CT molecular complexity index is 1540. The Morgan fingerprint density at radius 3 is 0.881 bits per heavy atom. The minimum atomic E-state index is -0.614. The van der Waals surface area contributed by atoms with Crippen molar-refractivity contribution in [3.63, 3.8) is 0 Å². The van der Waals surface area contributed by atoms with E-state index < -0.39 is 17.7 Å². The van der Waals surface area contributed by atoms with Gasteiger partial charge in [-0.1, -0.05) is 36.4 Å². The predicted molar refractivity (Wildman–Crippen MR) is 160 cm³/mol. The van der Waals surface area contributed by atoms with Gasteiger partial charge in [-0.05, 0) is 75.4 Å². The molecular formula is C33H27N3O6. The average Bonchev–Trinajstić information content (AvgIpc) is 2.97. The highest BCUT2D eigenvalue weighted by Crippen LogP contribution is 2.20. The van der Waals surface area contributed by atoms with Crippen molar-refractivity contribution < 1.29 is 28.8 Å². The Kier molecular flexibility index (Phi) is 8.82. The van der Waals surface area contributed by atoms with E-state index in [4.69, 9.17) is 0 Å². The van der Waals surface area contributed by atoms with Crippen molar-refractivity contribution in [2.24, 2.45) is 0 Å². The first kappa shape index (κ1) is 29.3. The molecule has 0 fully saturated rings. The largest absolute Gasteiger partial charge is 0.322 e. The van der Waals surface area contributed by atoms with Crippen LogP contribution >= 0.6 is 0 Å². The van der Waals surface area contributed by atoms with Gasteiger partial charge in [-0.15, -0.1) is 0 Å². The average molecular weight is 562 g/mol. The van der Waals surface area contributed by atoms with E-state index in [1.54, 1.807) is 54.6 Å². The molecule has 0 heterocycles. The molecule has 9 heteroatoms. The van der Waals surface area contributed by atoms with Gasteiger partial charge < -0.3 is 16.0 Å². The normalized spacial score (nSPS) is 10.4. The van der Waals surface area contributed by atoms with Crippen LogP contribution in [-0.2, 0) is 0 Å². The Balaban J connectivity index is 1.68. The van der Waals surface area contributed by atoms with Crippen LogP contribution in [-0.4, -0.2) is 35.1 Å². The van der Waals surface area contributed by atoms with E-state index in [1.807, 2.05) is 0 Å². The Morgan fingerprint density at radius 1 is 0.381 bits per heavy atom. The molecule has 210 valence electrons. The molecular weight excluding hydrogens is 534 g/mol. The van der Waals surface area contributed by atoms with Crippen LogP contribution in [0.1, 0.15) is 82.9 Å². The third kappa shape index (κ3) is 7.28. The van der Waals surface area contributed by atoms with Gasteiger partial charge in [0, 0.05) is 50.4 Å². The van der Waals surface area contributed by atoms with Gasteiger partial charge >= 0.3 is 0 Å². The fraction of sp³-hybridized carbons (Fsp3) is 0.0909. The molecule has 0 radical (unpaired) electrons. The van der Waals surface area contributed by atoms with E-state index in [0.717, 1.165) is 0 Å². The molecule has 9 nitrogen and oxygen atoms in total. The van der Waals surface area contributed by atoms with Gasteiger partial charge in [0.15, 0.2) is 17.3 Å². The van der Waals surface area contributed by atoms with E-state index in [2.05, 4.69) is 16.0 Å². The SMILES string of the molecule is CC(=O)c1cccc(NC(=O)c2cc(C(=O)Nc3cccc(C(C)=O)c3)cc(C(=O)Nc3cccc(C(C)=O)c3)c2)c1. The molecule has 42 heavy (non-hydrogen) atoms. The maximum Gasteiger partial charge on any atom is 0.255 e. The van der Waals surface area contributed by atoms with Crippen LogP contribution < -0.4 is 16.0 Å². The highest BCUT2D eigenvalue weighted by atomic mass is 16.2. The van der Waals surface area contributed by atoms with Gasteiger partial charge in [-0.2, -0.15) is 0 Å². The maximum absolute atomic E-state index is 13.3. The zero-order chi connectivity index (χ0) is 30.4. The summed E-state index contributed by atoms with van der Waals surface area (Å²) in [5, 5.41) is 8.09. The van der Waals surface area contributed by atoms with E-state index in [1.165, 1.54) is 57.2 Å². The summed E-state index contributed by atoms with van der Waals surface area (Å²) in [7, 11) is 0. The van der Waals surface area contributed by atoms with Crippen LogP contribution in [0.5, 0.6) is 0 Å². The molecule has 0 saturated heterocycles. The van der Waals surface area contributed by atoms with Gasteiger partial charge in [0.1, 0.15) is 0 Å². The number of anilines is 3. The van der Waals surface area contributed by atoms with Gasteiger partial charge in [-0.3, -0.25) is 28.8 Å². The number of ketones is 3. The second kappa shape index (κ2) is 12.6. The lowest BCUT2D eigenvalue weighted by molar-refractivity contribution is 0.100. The molecule has 0 saturated carbocycles. The zero-order valence-corrected chi connectivity index (χ0v) is 23.1. The van der Waals surface area contributed by atoms with Crippen molar-refractivity contribution in [1.29, 1.82) is 0 Å². The van der Waals surface area contributed by atoms with Crippen molar-refractivity contribution in [3.05, 3.63) is 124 Å². The van der Waals surface area contributed by atoms with Gasteiger partial charge in [-0.25, -0.2) is 0 Å². The molecule has 0 aromatic heterocycles. The number of rotatable bonds is 9. The minimum absolute atomic E-state index is 0.0102. The first-order valence-electron chi connectivity index (χ1n) is 12.9. The summed E-state index contributed by atoms with van der Waals surface area (Å²) in [6.45, 7) is 4.23.